The van der Waals surface area contributed by atoms with Crippen molar-refractivity contribution < 1.29 is 28.9 Å². The van der Waals surface area contributed by atoms with E-state index in [1.54, 1.807) is 31.3 Å². The number of benzene rings is 1. The van der Waals surface area contributed by atoms with Crippen LogP contribution in [0.15, 0.2) is 30.0 Å². The Kier molecular flexibility index (Phi) is 6.14. The average Bonchev–Trinajstić information content (AvgIpc) is 3.13. The summed E-state index contributed by atoms with van der Waals surface area (Å²) in [4.78, 5) is 22.9. The number of nitriles is 1. The molecular formula is C20H19N3O6. The number of aryl methyl sites for hydroxylation is 1. The number of nitrogens with zero attached hydrogens (tertiary/aromatic N) is 3. The van der Waals surface area contributed by atoms with Crippen LogP contribution < -0.4 is 9.47 Å². The third-order valence-corrected chi connectivity index (χ3v) is 4.08. The number of fused-ring (bicyclic) bond motifs is 1. The fraction of sp³-hybridized carbons (Fsp3) is 0.300. The number of hydrogen-bond acceptors (Lipinski definition) is 7. The Morgan fingerprint density at radius 1 is 1.34 bits per heavy atom. The van der Waals surface area contributed by atoms with E-state index in [-0.39, 0.29) is 25.1 Å². The van der Waals surface area contributed by atoms with Crippen molar-refractivity contribution in [2.75, 3.05) is 19.8 Å². The van der Waals surface area contributed by atoms with E-state index in [2.05, 4.69) is 5.10 Å². The summed E-state index contributed by atoms with van der Waals surface area (Å²) in [5.41, 5.74) is 1.46. The Hall–Kier alpha value is -3.80. The molecule has 0 radical (unpaired) electrons. The van der Waals surface area contributed by atoms with Gasteiger partial charge in [0, 0.05) is 17.3 Å². The fourth-order valence-corrected chi connectivity index (χ4v) is 2.78. The third-order valence-electron chi connectivity index (χ3n) is 4.08. The molecule has 3 rings (SSSR count). The number of rotatable bonds is 7. The van der Waals surface area contributed by atoms with E-state index in [0.29, 0.717) is 41.5 Å². The van der Waals surface area contributed by atoms with Crippen LogP contribution in [0.25, 0.3) is 17.3 Å². The molecule has 0 spiro atoms. The third kappa shape index (κ3) is 4.73. The van der Waals surface area contributed by atoms with E-state index in [4.69, 9.17) is 19.3 Å². The molecule has 0 atom stereocenters. The second-order valence-electron chi connectivity index (χ2n) is 6.09. The summed E-state index contributed by atoms with van der Waals surface area (Å²) in [5.74, 6) is -0.509. The number of carbonyl (C=O) groups excluding carboxylic acids is 1. The second kappa shape index (κ2) is 8.93. The maximum atomic E-state index is 12.0. The minimum Gasteiger partial charge on any atom is -0.486 e. The maximum Gasteiger partial charge on any atom is 0.348 e. The predicted octanol–water partition coefficient (Wildman–Crippen LogP) is 2.27. The molecule has 9 heteroatoms. The van der Waals surface area contributed by atoms with E-state index >= 15 is 0 Å². The van der Waals surface area contributed by atoms with Gasteiger partial charge in [-0.15, -0.1) is 0 Å². The monoisotopic (exact) mass is 397 g/mol. The summed E-state index contributed by atoms with van der Waals surface area (Å²) in [7, 11) is 0. The smallest absolute Gasteiger partial charge is 0.348 e. The molecule has 0 saturated heterocycles. The lowest BCUT2D eigenvalue weighted by Gasteiger charge is -2.18. The minimum atomic E-state index is -0.956. The predicted molar refractivity (Wildman–Crippen MR) is 101 cm³/mol. The van der Waals surface area contributed by atoms with Gasteiger partial charge in [-0.3, -0.25) is 9.48 Å². The quantitative estimate of drug-likeness (QED) is 0.429. The molecule has 1 aromatic heterocycles. The molecule has 29 heavy (non-hydrogen) atoms. The van der Waals surface area contributed by atoms with Crippen molar-refractivity contribution in [3.05, 3.63) is 35.5 Å². The molecule has 0 bridgehead atoms. The standard InChI is InChI=1S/C20H19N3O6/c1-2-27-20(26)14(11-21)9-15-12-23(6-5-18(24)25)22-19(15)13-3-4-16-17(10-13)29-8-7-28-16/h3-4,9-10,12H,2,5-8H2,1H3,(H,24,25)/b14-9+. The Labute approximate surface area is 166 Å². The first kappa shape index (κ1) is 19.9. The molecule has 150 valence electrons. The molecule has 0 saturated carbocycles. The number of ether oxygens (including phenoxy) is 3. The van der Waals surface area contributed by atoms with E-state index in [9.17, 15) is 14.9 Å². The summed E-state index contributed by atoms with van der Waals surface area (Å²) in [6.45, 7) is 2.83. The van der Waals surface area contributed by atoms with E-state index in [1.165, 1.54) is 10.8 Å². The highest BCUT2D eigenvalue weighted by Gasteiger charge is 2.18. The van der Waals surface area contributed by atoms with Gasteiger partial charge in [-0.25, -0.2) is 4.79 Å². The van der Waals surface area contributed by atoms with Crippen molar-refractivity contribution in [3.8, 4) is 28.8 Å². The van der Waals surface area contributed by atoms with Crippen LogP contribution in [0.2, 0.25) is 0 Å². The van der Waals surface area contributed by atoms with Gasteiger partial charge in [-0.05, 0) is 31.2 Å². The zero-order chi connectivity index (χ0) is 20.8. The maximum absolute atomic E-state index is 12.0. The first-order valence-electron chi connectivity index (χ1n) is 9.00. The molecule has 0 amide bonds. The lowest BCUT2D eigenvalue weighted by Crippen LogP contribution is -2.15. The summed E-state index contributed by atoms with van der Waals surface area (Å²) in [6.07, 6.45) is 2.86. The molecule has 1 aliphatic heterocycles. The molecule has 1 aromatic carbocycles. The molecule has 1 aliphatic rings. The van der Waals surface area contributed by atoms with Gasteiger partial charge in [0.15, 0.2) is 11.5 Å². The number of aliphatic carboxylic acids is 1. The van der Waals surface area contributed by atoms with Crippen LogP contribution >= 0.6 is 0 Å². The Morgan fingerprint density at radius 3 is 2.79 bits per heavy atom. The van der Waals surface area contributed by atoms with Crippen molar-refractivity contribution in [3.63, 3.8) is 0 Å². The zero-order valence-corrected chi connectivity index (χ0v) is 15.8. The number of hydrogen-bond donors (Lipinski definition) is 1. The van der Waals surface area contributed by atoms with Crippen LogP contribution in [0.3, 0.4) is 0 Å². The molecule has 0 unspecified atom stereocenters. The SMILES string of the molecule is CCOC(=O)/C(C#N)=C/c1cn(CCC(=O)O)nc1-c1ccc2c(c1)OCCO2. The van der Waals surface area contributed by atoms with Crippen LogP contribution in [0.4, 0.5) is 0 Å². The average molecular weight is 397 g/mol. The van der Waals surface area contributed by atoms with Gasteiger partial charge < -0.3 is 19.3 Å². The molecule has 9 nitrogen and oxygen atoms in total. The number of carboxylic acid groups (broad SMARTS) is 1. The topological polar surface area (TPSA) is 124 Å². The molecular weight excluding hydrogens is 378 g/mol. The van der Waals surface area contributed by atoms with Crippen LogP contribution in [0.5, 0.6) is 11.5 Å². The lowest BCUT2D eigenvalue weighted by molar-refractivity contribution is -0.138. The van der Waals surface area contributed by atoms with Crippen molar-refractivity contribution >= 4 is 18.0 Å². The van der Waals surface area contributed by atoms with Gasteiger partial charge in [0.1, 0.15) is 24.9 Å². The molecule has 0 aliphatic carbocycles. The van der Waals surface area contributed by atoms with Gasteiger partial charge in [-0.1, -0.05) is 0 Å². The minimum absolute atomic E-state index is 0.117. The molecule has 1 N–H and O–H groups in total. The summed E-state index contributed by atoms with van der Waals surface area (Å²) in [5, 5.41) is 22.7. The first-order valence-corrected chi connectivity index (χ1v) is 9.00. The van der Waals surface area contributed by atoms with E-state index in [1.807, 2.05) is 6.07 Å². The molecule has 2 aromatic rings. The van der Waals surface area contributed by atoms with Crippen LogP contribution in [0, 0.1) is 11.3 Å². The lowest BCUT2D eigenvalue weighted by atomic mass is 10.1. The number of carbonyl (C=O) groups is 2. The Balaban J connectivity index is 2.03. The van der Waals surface area contributed by atoms with Gasteiger partial charge in [0.2, 0.25) is 0 Å². The van der Waals surface area contributed by atoms with Gasteiger partial charge in [0.25, 0.3) is 0 Å². The van der Waals surface area contributed by atoms with Crippen molar-refractivity contribution in [1.29, 1.82) is 5.26 Å². The van der Waals surface area contributed by atoms with Gasteiger partial charge in [-0.2, -0.15) is 10.4 Å². The van der Waals surface area contributed by atoms with Crippen molar-refractivity contribution in [2.45, 2.75) is 19.9 Å². The number of carboxylic acids is 1. The summed E-state index contributed by atoms with van der Waals surface area (Å²) in [6, 6.07) is 7.13. The van der Waals surface area contributed by atoms with Crippen LogP contribution in [-0.4, -0.2) is 46.6 Å². The van der Waals surface area contributed by atoms with Gasteiger partial charge in [0.05, 0.1) is 25.3 Å². The molecule has 2 heterocycles. The van der Waals surface area contributed by atoms with Crippen LogP contribution in [-0.2, 0) is 20.9 Å². The fourth-order valence-electron chi connectivity index (χ4n) is 2.78. The highest BCUT2D eigenvalue weighted by molar-refractivity contribution is 5.98. The van der Waals surface area contributed by atoms with Crippen LogP contribution in [0.1, 0.15) is 18.9 Å². The Morgan fingerprint density at radius 2 is 2.10 bits per heavy atom. The van der Waals surface area contributed by atoms with Crippen molar-refractivity contribution in [1.82, 2.24) is 9.78 Å². The zero-order valence-electron chi connectivity index (χ0n) is 15.8. The summed E-state index contributed by atoms with van der Waals surface area (Å²) < 4.78 is 17.5. The highest BCUT2D eigenvalue weighted by atomic mass is 16.6. The van der Waals surface area contributed by atoms with Crippen molar-refractivity contribution in [2.24, 2.45) is 0 Å². The molecule has 0 fully saturated rings. The Bertz CT molecular complexity index is 1000. The summed E-state index contributed by atoms with van der Waals surface area (Å²) >= 11 is 0. The van der Waals surface area contributed by atoms with E-state index in [0.717, 1.165) is 0 Å². The number of esters is 1. The normalized spacial score (nSPS) is 12.9. The first-order chi connectivity index (χ1) is 14.0. The second-order valence-corrected chi connectivity index (χ2v) is 6.09. The van der Waals surface area contributed by atoms with E-state index < -0.39 is 11.9 Å². The largest absolute Gasteiger partial charge is 0.486 e. The number of aromatic nitrogens is 2. The highest BCUT2D eigenvalue weighted by Crippen LogP contribution is 2.35. The van der Waals surface area contributed by atoms with Gasteiger partial charge >= 0.3 is 11.9 Å².